The zero-order valence-corrected chi connectivity index (χ0v) is 12.1. The van der Waals surface area contributed by atoms with Crippen LogP contribution in [0, 0.1) is 0 Å². The molecule has 0 atom stereocenters. The van der Waals surface area contributed by atoms with Gasteiger partial charge < -0.3 is 19.7 Å². The van der Waals surface area contributed by atoms with Crippen molar-refractivity contribution < 1.29 is 14.3 Å². The fraction of sp³-hybridized carbons (Fsp3) is 0.462. The normalized spacial score (nSPS) is 14.1. The second-order valence-electron chi connectivity index (χ2n) is 4.27. The van der Waals surface area contributed by atoms with Crippen molar-refractivity contribution in [1.29, 1.82) is 0 Å². The summed E-state index contributed by atoms with van der Waals surface area (Å²) in [6, 6.07) is 5.59. The second kappa shape index (κ2) is 6.63. The van der Waals surface area contributed by atoms with E-state index in [9.17, 15) is 4.79 Å². The lowest BCUT2D eigenvalue weighted by molar-refractivity contribution is 0.0677. The van der Waals surface area contributed by atoms with Crippen LogP contribution < -0.4 is 14.8 Å². The van der Waals surface area contributed by atoms with E-state index in [4.69, 9.17) is 9.47 Å². The van der Waals surface area contributed by atoms with E-state index >= 15 is 0 Å². The quantitative estimate of drug-likeness (QED) is 0.903. The summed E-state index contributed by atoms with van der Waals surface area (Å²) in [4.78, 5) is 14.1. The first-order chi connectivity index (χ1) is 8.69. The predicted octanol–water partition coefficient (Wildman–Crippen LogP) is 1.17. The predicted molar refractivity (Wildman–Crippen MR) is 75.5 cm³/mol. The Balaban J connectivity index is 0.00000180. The summed E-state index contributed by atoms with van der Waals surface area (Å²) < 4.78 is 10.5. The molecule has 1 N–H and O–H groups in total. The topological polar surface area (TPSA) is 50.8 Å². The molecule has 0 unspecified atom stereocenters. The number of methoxy groups -OCH3 is 2. The van der Waals surface area contributed by atoms with Gasteiger partial charge in [-0.2, -0.15) is 0 Å². The van der Waals surface area contributed by atoms with Gasteiger partial charge in [0, 0.05) is 20.1 Å². The summed E-state index contributed by atoms with van der Waals surface area (Å²) in [6.45, 7) is 1.68. The lowest BCUT2D eigenvalue weighted by atomic mass is 10.1. The van der Waals surface area contributed by atoms with Crippen LogP contribution in [0.4, 0.5) is 0 Å². The molecule has 0 aliphatic carbocycles. The number of hydrogen-bond donors (Lipinski definition) is 1. The van der Waals surface area contributed by atoms with E-state index in [0.717, 1.165) is 13.1 Å². The van der Waals surface area contributed by atoms with E-state index in [2.05, 4.69) is 5.32 Å². The Morgan fingerprint density at radius 2 is 2.00 bits per heavy atom. The number of carbonyl (C=O) groups excluding carboxylic acids is 1. The Morgan fingerprint density at radius 1 is 1.32 bits per heavy atom. The third-order valence-corrected chi connectivity index (χ3v) is 3.26. The van der Waals surface area contributed by atoms with Crippen molar-refractivity contribution in [2.75, 3.05) is 34.4 Å². The van der Waals surface area contributed by atoms with Crippen LogP contribution in [0.15, 0.2) is 18.2 Å². The molecule has 1 fully saturated rings. The number of amides is 1. The highest BCUT2D eigenvalue weighted by Crippen LogP contribution is 2.31. The molecule has 106 valence electrons. The van der Waals surface area contributed by atoms with Crippen LogP contribution in [0.25, 0.3) is 0 Å². The summed E-state index contributed by atoms with van der Waals surface area (Å²) in [5.74, 6) is 1.02. The van der Waals surface area contributed by atoms with Crippen molar-refractivity contribution in [2.45, 2.75) is 6.04 Å². The van der Waals surface area contributed by atoms with Gasteiger partial charge in [0.25, 0.3) is 5.91 Å². The molecule has 1 saturated heterocycles. The number of halogens is 1. The minimum absolute atomic E-state index is 0. The average Bonchev–Trinajstić information content (AvgIpc) is 2.34. The maximum absolute atomic E-state index is 12.4. The molecule has 0 aromatic heterocycles. The van der Waals surface area contributed by atoms with E-state index in [-0.39, 0.29) is 24.4 Å². The average molecular weight is 287 g/mol. The molecule has 1 aromatic carbocycles. The van der Waals surface area contributed by atoms with E-state index in [1.54, 1.807) is 37.3 Å². The minimum atomic E-state index is -0.0442. The highest BCUT2D eigenvalue weighted by molar-refractivity contribution is 5.98. The van der Waals surface area contributed by atoms with Gasteiger partial charge in [-0.25, -0.2) is 0 Å². The maximum Gasteiger partial charge on any atom is 0.257 e. The van der Waals surface area contributed by atoms with E-state index < -0.39 is 0 Å². The molecule has 1 aliphatic heterocycles. The van der Waals surface area contributed by atoms with Crippen molar-refractivity contribution in [2.24, 2.45) is 0 Å². The number of nitrogens with zero attached hydrogens (tertiary/aromatic N) is 1. The Hall–Kier alpha value is -1.46. The Labute approximate surface area is 119 Å². The standard InChI is InChI=1S/C13H18N2O3.ClH/c1-15(9-7-14-8-9)13(16)10-5-4-6-11(17-2)12(10)18-3;/h4-6,9,14H,7-8H2,1-3H3;1H. The highest BCUT2D eigenvalue weighted by Gasteiger charge is 2.28. The largest absolute Gasteiger partial charge is 0.493 e. The Kier molecular flexibility index (Phi) is 5.44. The maximum atomic E-state index is 12.4. The van der Waals surface area contributed by atoms with Crippen molar-refractivity contribution in [1.82, 2.24) is 10.2 Å². The lowest BCUT2D eigenvalue weighted by Gasteiger charge is -2.35. The monoisotopic (exact) mass is 286 g/mol. The summed E-state index contributed by atoms with van der Waals surface area (Å²) in [7, 11) is 4.91. The number of ether oxygens (including phenoxy) is 2. The second-order valence-corrected chi connectivity index (χ2v) is 4.27. The number of para-hydroxylation sites is 1. The molecule has 0 spiro atoms. The minimum Gasteiger partial charge on any atom is -0.493 e. The smallest absolute Gasteiger partial charge is 0.257 e. The van der Waals surface area contributed by atoms with Crippen molar-refractivity contribution in [3.8, 4) is 11.5 Å². The number of likely N-dealkylation sites (N-methyl/N-ethyl adjacent to an activating group) is 1. The van der Waals surface area contributed by atoms with Crippen LogP contribution in [0.3, 0.4) is 0 Å². The zero-order valence-electron chi connectivity index (χ0n) is 11.3. The van der Waals surface area contributed by atoms with Gasteiger partial charge in [0.1, 0.15) is 0 Å². The van der Waals surface area contributed by atoms with E-state index in [1.165, 1.54) is 0 Å². The molecule has 1 heterocycles. The molecule has 2 rings (SSSR count). The number of hydrogen-bond acceptors (Lipinski definition) is 4. The van der Waals surface area contributed by atoms with Gasteiger partial charge in [0.05, 0.1) is 25.8 Å². The van der Waals surface area contributed by atoms with Gasteiger partial charge in [-0.15, -0.1) is 12.4 Å². The van der Waals surface area contributed by atoms with Gasteiger partial charge >= 0.3 is 0 Å². The van der Waals surface area contributed by atoms with Gasteiger partial charge in [-0.05, 0) is 12.1 Å². The number of carbonyl (C=O) groups is 1. The van der Waals surface area contributed by atoms with Crippen LogP contribution in [0.5, 0.6) is 11.5 Å². The van der Waals surface area contributed by atoms with Crippen molar-refractivity contribution >= 4 is 18.3 Å². The van der Waals surface area contributed by atoms with Gasteiger partial charge in [-0.1, -0.05) is 6.07 Å². The third kappa shape index (κ3) is 2.93. The molecule has 0 radical (unpaired) electrons. The van der Waals surface area contributed by atoms with Gasteiger partial charge in [-0.3, -0.25) is 4.79 Å². The lowest BCUT2D eigenvalue weighted by Crippen LogP contribution is -2.57. The molecule has 5 nitrogen and oxygen atoms in total. The summed E-state index contributed by atoms with van der Waals surface area (Å²) in [6.07, 6.45) is 0. The van der Waals surface area contributed by atoms with E-state index in [0.29, 0.717) is 17.1 Å². The molecular formula is C13H19ClN2O3. The summed E-state index contributed by atoms with van der Waals surface area (Å²) in [5.41, 5.74) is 0.534. The van der Waals surface area contributed by atoms with Crippen LogP contribution in [-0.4, -0.2) is 51.2 Å². The van der Waals surface area contributed by atoms with Gasteiger partial charge in [0.15, 0.2) is 11.5 Å². The van der Waals surface area contributed by atoms with Crippen LogP contribution in [-0.2, 0) is 0 Å². The zero-order chi connectivity index (χ0) is 13.1. The number of rotatable bonds is 4. The molecule has 1 amide bonds. The number of benzene rings is 1. The first-order valence-corrected chi connectivity index (χ1v) is 5.88. The summed E-state index contributed by atoms with van der Waals surface area (Å²) in [5, 5.41) is 3.15. The first-order valence-electron chi connectivity index (χ1n) is 5.88. The Bertz CT molecular complexity index is 450. The Morgan fingerprint density at radius 3 is 2.47 bits per heavy atom. The number of nitrogens with one attached hydrogen (secondary N) is 1. The molecule has 0 bridgehead atoms. The first kappa shape index (κ1) is 15.6. The molecule has 1 aliphatic rings. The van der Waals surface area contributed by atoms with Crippen LogP contribution in [0.2, 0.25) is 0 Å². The molecule has 0 saturated carbocycles. The van der Waals surface area contributed by atoms with Crippen molar-refractivity contribution in [3.05, 3.63) is 23.8 Å². The third-order valence-electron chi connectivity index (χ3n) is 3.26. The molecule has 19 heavy (non-hydrogen) atoms. The molecular weight excluding hydrogens is 268 g/mol. The highest BCUT2D eigenvalue weighted by atomic mass is 35.5. The van der Waals surface area contributed by atoms with Crippen LogP contribution >= 0.6 is 12.4 Å². The fourth-order valence-electron chi connectivity index (χ4n) is 1.96. The molecule has 1 aromatic rings. The van der Waals surface area contributed by atoms with Crippen LogP contribution in [0.1, 0.15) is 10.4 Å². The molecule has 6 heteroatoms. The SMILES string of the molecule is COc1cccc(C(=O)N(C)C2CNC2)c1OC.Cl. The van der Waals surface area contributed by atoms with Crippen molar-refractivity contribution in [3.63, 3.8) is 0 Å². The van der Waals surface area contributed by atoms with E-state index in [1.807, 2.05) is 7.05 Å². The summed E-state index contributed by atoms with van der Waals surface area (Å²) >= 11 is 0. The van der Waals surface area contributed by atoms with Gasteiger partial charge in [0.2, 0.25) is 0 Å². The fourth-order valence-corrected chi connectivity index (χ4v) is 1.96.